The monoisotopic (exact) mass is 326 g/mol. The fourth-order valence-corrected chi connectivity index (χ4v) is 2.33. The number of alkyl halides is 3. The Hall–Kier alpha value is -2.31. The molecule has 0 aromatic heterocycles. The number of allylic oxidation sites excluding steroid dienone is 2. The molecule has 0 heterocycles. The Balaban J connectivity index is 2.06. The third kappa shape index (κ3) is 5.12. The van der Waals surface area contributed by atoms with E-state index >= 15 is 0 Å². The summed E-state index contributed by atoms with van der Waals surface area (Å²) in [6.07, 6.45) is 1.59. The Morgan fingerprint density at radius 1 is 1.17 bits per heavy atom. The molecule has 0 aliphatic heterocycles. The van der Waals surface area contributed by atoms with Gasteiger partial charge in [-0.15, -0.1) is 0 Å². The van der Waals surface area contributed by atoms with E-state index in [0.717, 1.165) is 6.42 Å². The summed E-state index contributed by atoms with van der Waals surface area (Å²) in [7, 11) is 0. The Morgan fingerprint density at radius 3 is 2.57 bits per heavy atom. The Bertz CT molecular complexity index is 612. The number of amides is 2. The number of benzene rings is 1. The average Bonchev–Trinajstić information content (AvgIpc) is 2.53. The van der Waals surface area contributed by atoms with Crippen LogP contribution in [0.15, 0.2) is 36.4 Å². The molecule has 2 amide bonds. The van der Waals surface area contributed by atoms with Gasteiger partial charge in [0.25, 0.3) is 5.91 Å². The first-order valence-corrected chi connectivity index (χ1v) is 7.26. The number of nitrogens with one attached hydrogen (secondary N) is 2. The Morgan fingerprint density at radius 2 is 1.91 bits per heavy atom. The van der Waals surface area contributed by atoms with E-state index in [0.29, 0.717) is 12.8 Å². The van der Waals surface area contributed by atoms with E-state index in [9.17, 15) is 22.8 Å². The highest BCUT2D eigenvalue weighted by atomic mass is 19.4. The third-order valence-electron chi connectivity index (χ3n) is 3.52. The zero-order valence-electron chi connectivity index (χ0n) is 12.3. The summed E-state index contributed by atoms with van der Waals surface area (Å²) in [6, 6.07) is 6.01. The number of para-hydroxylation sites is 1. The summed E-state index contributed by atoms with van der Waals surface area (Å²) in [5.41, 5.74) is 0.225. The van der Waals surface area contributed by atoms with Gasteiger partial charge >= 0.3 is 6.18 Å². The molecule has 1 aromatic rings. The molecule has 4 nitrogen and oxygen atoms in total. The first kappa shape index (κ1) is 17.1. The van der Waals surface area contributed by atoms with E-state index in [1.54, 1.807) is 11.4 Å². The fourth-order valence-electron chi connectivity index (χ4n) is 2.33. The van der Waals surface area contributed by atoms with Crippen molar-refractivity contribution < 1.29 is 22.8 Å². The van der Waals surface area contributed by atoms with Crippen LogP contribution in [0.1, 0.15) is 29.6 Å². The number of anilines is 1. The van der Waals surface area contributed by atoms with Gasteiger partial charge in [-0.25, -0.2) is 0 Å². The van der Waals surface area contributed by atoms with Gasteiger partial charge in [-0.05, 0) is 31.4 Å². The lowest BCUT2D eigenvalue weighted by Crippen LogP contribution is -2.34. The van der Waals surface area contributed by atoms with Crippen LogP contribution < -0.4 is 10.6 Å². The zero-order valence-corrected chi connectivity index (χ0v) is 12.3. The quantitative estimate of drug-likeness (QED) is 0.834. The minimum absolute atomic E-state index is 0.0106. The molecule has 0 bridgehead atoms. The van der Waals surface area contributed by atoms with Crippen LogP contribution in [0, 0.1) is 5.92 Å². The molecular weight excluding hydrogens is 309 g/mol. The maximum absolute atomic E-state index is 12.2. The van der Waals surface area contributed by atoms with Gasteiger partial charge < -0.3 is 10.6 Å². The van der Waals surface area contributed by atoms with Crippen molar-refractivity contribution in [3.8, 4) is 0 Å². The second kappa shape index (κ2) is 7.30. The predicted molar refractivity (Wildman–Crippen MR) is 79.9 cm³/mol. The summed E-state index contributed by atoms with van der Waals surface area (Å²) in [5, 5.41) is 4.45. The van der Waals surface area contributed by atoms with Crippen molar-refractivity contribution in [1.82, 2.24) is 5.32 Å². The first-order chi connectivity index (χ1) is 10.9. The lowest BCUT2D eigenvalue weighted by molar-refractivity contribution is -0.123. The molecule has 1 aliphatic carbocycles. The molecule has 0 fully saturated rings. The smallest absolute Gasteiger partial charge is 0.343 e. The molecule has 7 heteroatoms. The van der Waals surface area contributed by atoms with E-state index in [4.69, 9.17) is 0 Å². The van der Waals surface area contributed by atoms with Crippen molar-refractivity contribution in [2.24, 2.45) is 5.92 Å². The van der Waals surface area contributed by atoms with Crippen LogP contribution in [0.2, 0.25) is 0 Å². The molecule has 0 spiro atoms. The van der Waals surface area contributed by atoms with Crippen LogP contribution in [-0.4, -0.2) is 24.5 Å². The van der Waals surface area contributed by atoms with Gasteiger partial charge in [-0.2, -0.15) is 13.2 Å². The largest absolute Gasteiger partial charge is 0.405 e. The maximum Gasteiger partial charge on any atom is 0.405 e. The van der Waals surface area contributed by atoms with Crippen molar-refractivity contribution in [3.05, 3.63) is 42.0 Å². The molecule has 2 rings (SSSR count). The fraction of sp³-hybridized carbons (Fsp3) is 0.375. The van der Waals surface area contributed by atoms with Crippen molar-refractivity contribution in [1.29, 1.82) is 0 Å². The molecule has 0 saturated heterocycles. The third-order valence-corrected chi connectivity index (χ3v) is 3.52. The molecule has 1 aromatic carbocycles. The van der Waals surface area contributed by atoms with Gasteiger partial charge in [0, 0.05) is 5.92 Å². The summed E-state index contributed by atoms with van der Waals surface area (Å²) in [4.78, 5) is 24.1. The van der Waals surface area contributed by atoms with Crippen LogP contribution in [0.4, 0.5) is 18.9 Å². The van der Waals surface area contributed by atoms with Gasteiger partial charge in [0.2, 0.25) is 5.91 Å². The summed E-state index contributed by atoms with van der Waals surface area (Å²) < 4.78 is 36.6. The van der Waals surface area contributed by atoms with Crippen molar-refractivity contribution in [2.75, 3.05) is 11.9 Å². The summed E-state index contributed by atoms with van der Waals surface area (Å²) in [5.74, 6) is -1.29. The number of carbonyl (C=O) groups excluding carboxylic acids is 2. The van der Waals surface area contributed by atoms with Crippen molar-refractivity contribution in [3.63, 3.8) is 0 Å². The topological polar surface area (TPSA) is 58.2 Å². The number of hydrogen-bond acceptors (Lipinski definition) is 2. The van der Waals surface area contributed by atoms with Crippen LogP contribution in [0.5, 0.6) is 0 Å². The highest BCUT2D eigenvalue weighted by Gasteiger charge is 2.28. The molecule has 23 heavy (non-hydrogen) atoms. The molecule has 1 atom stereocenters. The number of rotatable bonds is 4. The van der Waals surface area contributed by atoms with E-state index in [-0.39, 0.29) is 23.1 Å². The predicted octanol–water partition coefficient (Wildman–Crippen LogP) is 3.27. The average molecular weight is 326 g/mol. The highest BCUT2D eigenvalue weighted by molar-refractivity contribution is 6.04. The van der Waals surface area contributed by atoms with Gasteiger partial charge in [-0.3, -0.25) is 9.59 Å². The van der Waals surface area contributed by atoms with E-state index in [2.05, 4.69) is 5.32 Å². The molecule has 0 radical (unpaired) electrons. The molecule has 0 unspecified atom stereocenters. The summed E-state index contributed by atoms with van der Waals surface area (Å²) in [6.45, 7) is -1.42. The standard InChI is InChI=1S/C16H17F3N2O2/c17-16(18,19)10-20-15(23)12-8-4-5-9-13(12)21-14(22)11-6-2-1-3-7-11/h1-2,4-5,8-9,11H,3,6-7,10H2,(H,20,23)(H,21,22)/t11-/m1/s1. The number of carbonyl (C=O) groups is 2. The SMILES string of the molecule is O=C(NCC(F)(F)F)c1ccccc1NC(=O)[C@@H]1CC=CCC1. The van der Waals surface area contributed by atoms with Crippen LogP contribution >= 0.6 is 0 Å². The van der Waals surface area contributed by atoms with Crippen LogP contribution in [0.3, 0.4) is 0 Å². The van der Waals surface area contributed by atoms with Gasteiger partial charge in [0.05, 0.1) is 11.3 Å². The molecular formula is C16H17F3N2O2. The van der Waals surface area contributed by atoms with E-state index < -0.39 is 18.6 Å². The Kier molecular flexibility index (Phi) is 5.41. The minimum Gasteiger partial charge on any atom is -0.343 e. The number of halogens is 3. The maximum atomic E-state index is 12.2. The minimum atomic E-state index is -4.48. The molecule has 0 saturated carbocycles. The number of hydrogen-bond donors (Lipinski definition) is 2. The highest BCUT2D eigenvalue weighted by Crippen LogP contribution is 2.22. The van der Waals surface area contributed by atoms with Crippen LogP contribution in [-0.2, 0) is 4.79 Å². The second-order valence-electron chi connectivity index (χ2n) is 5.31. The normalized spacial score (nSPS) is 17.6. The summed E-state index contributed by atoms with van der Waals surface area (Å²) >= 11 is 0. The molecule has 2 N–H and O–H groups in total. The van der Waals surface area contributed by atoms with Gasteiger partial charge in [-0.1, -0.05) is 24.3 Å². The van der Waals surface area contributed by atoms with Gasteiger partial charge in [0.15, 0.2) is 0 Å². The van der Waals surface area contributed by atoms with Crippen molar-refractivity contribution >= 4 is 17.5 Å². The lowest BCUT2D eigenvalue weighted by atomic mass is 9.93. The van der Waals surface area contributed by atoms with Gasteiger partial charge in [0.1, 0.15) is 6.54 Å². The first-order valence-electron chi connectivity index (χ1n) is 7.26. The molecule has 1 aliphatic rings. The zero-order chi connectivity index (χ0) is 16.9. The second-order valence-corrected chi connectivity index (χ2v) is 5.31. The van der Waals surface area contributed by atoms with Crippen molar-refractivity contribution in [2.45, 2.75) is 25.4 Å². The van der Waals surface area contributed by atoms with Crippen LogP contribution in [0.25, 0.3) is 0 Å². The van der Waals surface area contributed by atoms with E-state index in [1.807, 2.05) is 12.2 Å². The molecule has 124 valence electrons. The Labute approximate surface area is 131 Å². The van der Waals surface area contributed by atoms with E-state index in [1.165, 1.54) is 18.2 Å². The lowest BCUT2D eigenvalue weighted by Gasteiger charge is -2.18.